The van der Waals surface area contributed by atoms with E-state index in [1.807, 2.05) is 6.08 Å². The fourth-order valence-corrected chi connectivity index (χ4v) is 5.30. The maximum atomic E-state index is 15.0. The summed E-state index contributed by atoms with van der Waals surface area (Å²) in [5.41, 5.74) is 0. The lowest BCUT2D eigenvalue weighted by atomic mass is 9.82. The van der Waals surface area contributed by atoms with E-state index in [-0.39, 0.29) is 24.7 Å². The highest BCUT2D eigenvalue weighted by molar-refractivity contribution is 5.66. The number of aliphatic hydroxyl groups is 1. The van der Waals surface area contributed by atoms with Gasteiger partial charge in [-0.05, 0) is 82.0 Å². The Balaban J connectivity index is 1.90. The molecule has 2 rings (SSSR count). The number of ether oxygens (including phenoxy) is 2. The van der Waals surface area contributed by atoms with Crippen LogP contribution in [0.2, 0.25) is 0 Å². The summed E-state index contributed by atoms with van der Waals surface area (Å²) in [7, 11) is 0. The molecule has 0 aromatic heterocycles. The Morgan fingerprint density at radius 3 is 2.72 bits per heavy atom. The highest BCUT2D eigenvalue weighted by atomic mass is 19.1. The molecule has 5 nitrogen and oxygen atoms in total. The van der Waals surface area contributed by atoms with E-state index in [2.05, 4.69) is 19.9 Å². The molecule has 1 saturated carbocycles. The molecule has 0 radical (unpaired) electrons. The van der Waals surface area contributed by atoms with Crippen LogP contribution in [-0.2, 0) is 14.3 Å². The fraction of sp³-hybridized carbons (Fsp3) is 0.885. The van der Waals surface area contributed by atoms with E-state index in [9.17, 15) is 9.90 Å². The van der Waals surface area contributed by atoms with Crippen molar-refractivity contribution in [2.24, 2.45) is 17.8 Å². The average molecular weight is 457 g/mol. The molecule has 1 aliphatic carbocycles. The number of halogens is 1. The van der Waals surface area contributed by atoms with E-state index >= 15 is 4.39 Å². The summed E-state index contributed by atoms with van der Waals surface area (Å²) in [4.78, 5) is 10.6. The largest absolute Gasteiger partial charge is 0.481 e. The van der Waals surface area contributed by atoms with Crippen LogP contribution in [0.5, 0.6) is 0 Å². The Bertz CT molecular complexity index is 548. The molecule has 0 spiro atoms. The first-order chi connectivity index (χ1) is 15.4. The number of carboxylic acid groups (broad SMARTS) is 1. The van der Waals surface area contributed by atoms with Gasteiger partial charge >= 0.3 is 5.97 Å². The van der Waals surface area contributed by atoms with E-state index < -0.39 is 18.2 Å². The number of aliphatic carboxylic acids is 1. The molecule has 6 heteroatoms. The van der Waals surface area contributed by atoms with Gasteiger partial charge in [0.05, 0.1) is 12.2 Å². The van der Waals surface area contributed by atoms with Crippen molar-refractivity contribution in [3.8, 4) is 0 Å². The van der Waals surface area contributed by atoms with E-state index in [1.54, 1.807) is 0 Å². The quantitative estimate of drug-likeness (QED) is 0.232. The second-order valence-electron chi connectivity index (χ2n) is 9.81. The summed E-state index contributed by atoms with van der Waals surface area (Å²) in [6.07, 6.45) is 12.0. The van der Waals surface area contributed by atoms with Crippen molar-refractivity contribution in [2.45, 2.75) is 122 Å². The first-order valence-corrected chi connectivity index (χ1v) is 12.9. The third-order valence-electron chi connectivity index (χ3n) is 7.21. The molecule has 0 aromatic rings. The minimum Gasteiger partial charge on any atom is -0.481 e. The Morgan fingerprint density at radius 2 is 2.03 bits per heavy atom. The van der Waals surface area contributed by atoms with Crippen LogP contribution >= 0.6 is 0 Å². The third-order valence-corrected chi connectivity index (χ3v) is 7.21. The highest BCUT2D eigenvalue weighted by Gasteiger charge is 2.40. The van der Waals surface area contributed by atoms with Crippen molar-refractivity contribution in [3.05, 3.63) is 12.2 Å². The average Bonchev–Trinajstić information content (AvgIpc) is 3.04. The van der Waals surface area contributed by atoms with E-state index in [1.165, 1.54) is 0 Å². The lowest BCUT2D eigenvalue weighted by Crippen LogP contribution is -2.34. The van der Waals surface area contributed by atoms with Gasteiger partial charge in [-0.2, -0.15) is 0 Å². The van der Waals surface area contributed by atoms with Gasteiger partial charge in [0.25, 0.3) is 0 Å². The highest BCUT2D eigenvalue weighted by Crippen LogP contribution is 2.42. The number of allylic oxidation sites excluding steroid dienone is 2. The van der Waals surface area contributed by atoms with Crippen LogP contribution in [0.4, 0.5) is 4.39 Å². The van der Waals surface area contributed by atoms with Gasteiger partial charge in [-0.1, -0.05) is 38.8 Å². The van der Waals surface area contributed by atoms with E-state index in [0.29, 0.717) is 37.7 Å². The SMILES string of the molecule is CCCC[C@@H](F)[C@H](CC[C@@H]1[C@@H](C/C=C\CCCC(=O)O)[C@@H](O)C[C@H]1C)OC1CCCCO1. The van der Waals surface area contributed by atoms with Gasteiger partial charge in [0.15, 0.2) is 6.29 Å². The molecule has 1 aliphatic heterocycles. The third kappa shape index (κ3) is 9.48. The van der Waals surface area contributed by atoms with Gasteiger partial charge in [-0.25, -0.2) is 4.39 Å². The van der Waals surface area contributed by atoms with Crippen LogP contribution in [0.1, 0.15) is 97.3 Å². The number of carboxylic acids is 1. The molecule has 0 bridgehead atoms. The van der Waals surface area contributed by atoms with Gasteiger partial charge < -0.3 is 19.7 Å². The first kappa shape index (κ1) is 27.3. The molecule has 2 fully saturated rings. The molecule has 1 heterocycles. The number of unbranched alkanes of at least 4 members (excludes halogenated alkanes) is 2. The van der Waals surface area contributed by atoms with Crippen LogP contribution in [0.3, 0.4) is 0 Å². The second-order valence-corrected chi connectivity index (χ2v) is 9.81. The predicted octanol–water partition coefficient (Wildman–Crippen LogP) is 6.04. The van der Waals surface area contributed by atoms with Gasteiger partial charge in [-0.3, -0.25) is 4.79 Å². The lowest BCUT2D eigenvalue weighted by molar-refractivity contribution is -0.202. The normalized spacial score (nSPS) is 30.6. The standard InChI is InChI=1S/C26H45FO5/c1-3-4-12-22(27)24(32-26-14-9-10-17-31-26)16-15-20-19(2)18-23(28)21(20)11-7-5-6-8-13-25(29)30/h5,7,19-24,26,28H,3-4,6,8-18H2,1-2H3,(H,29,30)/b7-5-/t19-,20+,21-,22-,23+,24+,26?/m1/s1. The zero-order valence-corrected chi connectivity index (χ0v) is 20.1. The lowest BCUT2D eigenvalue weighted by Gasteiger charge is -2.31. The summed E-state index contributed by atoms with van der Waals surface area (Å²) < 4.78 is 26.9. The molecule has 2 N–H and O–H groups in total. The van der Waals surface area contributed by atoms with Crippen molar-refractivity contribution in [3.63, 3.8) is 0 Å². The fourth-order valence-electron chi connectivity index (χ4n) is 5.30. The zero-order valence-electron chi connectivity index (χ0n) is 20.1. The first-order valence-electron chi connectivity index (χ1n) is 12.9. The molecule has 7 atom stereocenters. The number of hydrogen-bond acceptors (Lipinski definition) is 4. The second kappa shape index (κ2) is 15.0. The number of hydrogen-bond donors (Lipinski definition) is 2. The van der Waals surface area contributed by atoms with Crippen molar-refractivity contribution < 1.29 is 28.9 Å². The summed E-state index contributed by atoms with van der Waals surface area (Å²) >= 11 is 0. The van der Waals surface area contributed by atoms with Crippen LogP contribution < -0.4 is 0 Å². The predicted molar refractivity (Wildman–Crippen MR) is 124 cm³/mol. The number of aliphatic hydroxyl groups excluding tert-OH is 1. The van der Waals surface area contributed by atoms with Crippen molar-refractivity contribution in [2.75, 3.05) is 6.61 Å². The molecular formula is C26H45FO5. The number of rotatable bonds is 15. The molecule has 0 aromatic carbocycles. The van der Waals surface area contributed by atoms with Crippen LogP contribution in [-0.4, -0.2) is 47.5 Å². The van der Waals surface area contributed by atoms with E-state index in [0.717, 1.165) is 57.8 Å². The maximum Gasteiger partial charge on any atom is 0.303 e. The van der Waals surface area contributed by atoms with Crippen LogP contribution in [0, 0.1) is 17.8 Å². The summed E-state index contributed by atoms with van der Waals surface area (Å²) in [5, 5.41) is 19.4. The van der Waals surface area contributed by atoms with Crippen LogP contribution in [0.25, 0.3) is 0 Å². The van der Waals surface area contributed by atoms with Crippen molar-refractivity contribution >= 4 is 5.97 Å². The topological polar surface area (TPSA) is 76.0 Å². The molecule has 32 heavy (non-hydrogen) atoms. The summed E-state index contributed by atoms with van der Waals surface area (Å²) in [5.74, 6) is 0.140. The molecular weight excluding hydrogens is 411 g/mol. The smallest absolute Gasteiger partial charge is 0.303 e. The zero-order chi connectivity index (χ0) is 23.3. The molecule has 0 amide bonds. The van der Waals surface area contributed by atoms with Gasteiger partial charge in [0.2, 0.25) is 0 Å². The summed E-state index contributed by atoms with van der Waals surface area (Å²) in [6, 6.07) is 0. The van der Waals surface area contributed by atoms with E-state index in [4.69, 9.17) is 14.6 Å². The molecule has 1 unspecified atom stereocenters. The summed E-state index contributed by atoms with van der Waals surface area (Å²) in [6.45, 7) is 4.96. The Hall–Kier alpha value is -0.980. The Morgan fingerprint density at radius 1 is 1.22 bits per heavy atom. The minimum atomic E-state index is -0.977. The Labute approximate surface area is 193 Å². The Kier molecular flexibility index (Phi) is 12.8. The minimum absolute atomic E-state index is 0.168. The molecule has 1 saturated heterocycles. The van der Waals surface area contributed by atoms with Crippen molar-refractivity contribution in [1.29, 1.82) is 0 Å². The maximum absolute atomic E-state index is 15.0. The van der Waals surface area contributed by atoms with Crippen molar-refractivity contribution in [1.82, 2.24) is 0 Å². The number of carbonyl (C=O) groups is 1. The molecule has 186 valence electrons. The monoisotopic (exact) mass is 456 g/mol. The van der Waals surface area contributed by atoms with Gasteiger partial charge in [0, 0.05) is 13.0 Å². The van der Waals surface area contributed by atoms with Crippen LogP contribution in [0.15, 0.2) is 12.2 Å². The molecule has 2 aliphatic rings. The van der Waals surface area contributed by atoms with Gasteiger partial charge in [-0.15, -0.1) is 0 Å². The van der Waals surface area contributed by atoms with Gasteiger partial charge in [0.1, 0.15) is 6.17 Å². The number of alkyl halides is 1.